The van der Waals surface area contributed by atoms with Crippen molar-refractivity contribution in [1.82, 2.24) is 20.1 Å². The van der Waals surface area contributed by atoms with E-state index in [1.165, 1.54) is 17.3 Å². The normalized spacial score (nSPS) is 11.2. The number of fused-ring (bicyclic) bond motifs is 1. The van der Waals surface area contributed by atoms with E-state index in [1.54, 1.807) is 6.07 Å². The van der Waals surface area contributed by atoms with Gasteiger partial charge < -0.3 is 9.51 Å². The first-order chi connectivity index (χ1) is 11.7. The van der Waals surface area contributed by atoms with Crippen molar-refractivity contribution in [2.75, 3.05) is 0 Å². The number of nitrogens with zero attached hydrogens (tertiary/aromatic N) is 3. The lowest BCUT2D eigenvalue weighted by Gasteiger charge is -1.96. The summed E-state index contributed by atoms with van der Waals surface area (Å²) in [7, 11) is 0. The molecular weight excluding hydrogens is 344 g/mol. The van der Waals surface area contributed by atoms with Crippen LogP contribution in [0.5, 0.6) is 0 Å². The summed E-state index contributed by atoms with van der Waals surface area (Å²) in [6.45, 7) is 2.06. The highest BCUT2D eigenvalue weighted by atomic mass is 35.5. The van der Waals surface area contributed by atoms with E-state index in [9.17, 15) is 0 Å². The predicted molar refractivity (Wildman–Crippen MR) is 95.1 cm³/mol. The second kappa shape index (κ2) is 6.30. The number of aromatic amines is 1. The first kappa shape index (κ1) is 15.2. The molecular formula is C17H13ClN4OS. The van der Waals surface area contributed by atoms with Gasteiger partial charge in [0.25, 0.3) is 0 Å². The molecule has 2 aromatic carbocycles. The SMILES string of the molecule is Cc1ccc2nc(SCc3nc(-c4ccccc4Cl)no3)[nH]c2c1. The fraction of sp³-hybridized carbons (Fsp3) is 0.118. The number of nitrogens with one attached hydrogen (secondary N) is 1. The molecule has 0 aliphatic heterocycles. The van der Waals surface area contributed by atoms with Gasteiger partial charge in [-0.25, -0.2) is 4.98 Å². The highest BCUT2D eigenvalue weighted by molar-refractivity contribution is 7.98. The summed E-state index contributed by atoms with van der Waals surface area (Å²) in [4.78, 5) is 12.2. The van der Waals surface area contributed by atoms with Gasteiger partial charge in [0.05, 0.1) is 21.8 Å². The minimum atomic E-state index is 0.497. The number of imidazole rings is 1. The molecule has 24 heavy (non-hydrogen) atoms. The van der Waals surface area contributed by atoms with Gasteiger partial charge in [-0.3, -0.25) is 0 Å². The summed E-state index contributed by atoms with van der Waals surface area (Å²) in [6, 6.07) is 13.6. The molecule has 1 N–H and O–H groups in total. The molecule has 0 saturated heterocycles. The summed E-state index contributed by atoms with van der Waals surface area (Å²) in [5, 5.41) is 5.43. The minimum absolute atomic E-state index is 0.497. The molecule has 0 aliphatic rings. The summed E-state index contributed by atoms with van der Waals surface area (Å²) in [5.74, 6) is 1.57. The first-order valence-corrected chi connectivity index (χ1v) is 8.72. The Balaban J connectivity index is 1.50. The van der Waals surface area contributed by atoms with Gasteiger partial charge in [-0.1, -0.05) is 46.7 Å². The molecule has 0 amide bonds. The van der Waals surface area contributed by atoms with Crippen LogP contribution >= 0.6 is 23.4 Å². The van der Waals surface area contributed by atoms with Crippen LogP contribution in [-0.2, 0) is 5.75 Å². The summed E-state index contributed by atoms with van der Waals surface area (Å²) in [5.41, 5.74) is 3.94. The zero-order valence-electron chi connectivity index (χ0n) is 12.8. The average Bonchev–Trinajstić information content (AvgIpc) is 3.19. The van der Waals surface area contributed by atoms with Crippen LogP contribution in [-0.4, -0.2) is 20.1 Å². The molecule has 120 valence electrons. The number of thioether (sulfide) groups is 1. The van der Waals surface area contributed by atoms with E-state index >= 15 is 0 Å². The quantitative estimate of drug-likeness (QED) is 0.528. The third kappa shape index (κ3) is 3.02. The van der Waals surface area contributed by atoms with Crippen molar-refractivity contribution in [2.45, 2.75) is 17.8 Å². The molecule has 0 fully saturated rings. The van der Waals surface area contributed by atoms with Gasteiger partial charge in [-0.05, 0) is 36.8 Å². The molecule has 0 atom stereocenters. The average molecular weight is 357 g/mol. The maximum absolute atomic E-state index is 6.16. The molecule has 5 nitrogen and oxygen atoms in total. The van der Waals surface area contributed by atoms with Crippen LogP contribution in [0.3, 0.4) is 0 Å². The molecule has 0 saturated carbocycles. The molecule has 4 rings (SSSR count). The third-order valence-electron chi connectivity index (χ3n) is 3.53. The van der Waals surface area contributed by atoms with E-state index in [0.717, 1.165) is 21.8 Å². The van der Waals surface area contributed by atoms with E-state index in [-0.39, 0.29) is 0 Å². The van der Waals surface area contributed by atoms with Crippen molar-refractivity contribution in [1.29, 1.82) is 0 Å². The Labute approximate surface area is 147 Å². The smallest absolute Gasteiger partial charge is 0.237 e. The fourth-order valence-electron chi connectivity index (χ4n) is 2.36. The number of benzene rings is 2. The molecule has 0 bridgehead atoms. The van der Waals surface area contributed by atoms with Crippen molar-refractivity contribution < 1.29 is 4.52 Å². The molecule has 4 aromatic rings. The third-order valence-corrected chi connectivity index (χ3v) is 4.72. The molecule has 7 heteroatoms. The van der Waals surface area contributed by atoms with Crippen molar-refractivity contribution in [3.05, 3.63) is 58.9 Å². The Morgan fingerprint density at radius 3 is 2.92 bits per heavy atom. The van der Waals surface area contributed by atoms with Crippen molar-refractivity contribution in [3.8, 4) is 11.4 Å². The number of aryl methyl sites for hydroxylation is 1. The Hall–Kier alpha value is -2.31. The van der Waals surface area contributed by atoms with E-state index in [1.807, 2.05) is 30.3 Å². The van der Waals surface area contributed by atoms with Crippen LogP contribution in [0.25, 0.3) is 22.4 Å². The molecule has 2 aromatic heterocycles. The number of hydrogen-bond acceptors (Lipinski definition) is 5. The Bertz CT molecular complexity index is 1010. The Morgan fingerprint density at radius 2 is 2.04 bits per heavy atom. The van der Waals surface area contributed by atoms with Gasteiger partial charge in [0.15, 0.2) is 5.16 Å². The zero-order chi connectivity index (χ0) is 16.5. The van der Waals surface area contributed by atoms with Crippen molar-refractivity contribution in [2.24, 2.45) is 0 Å². The van der Waals surface area contributed by atoms with Gasteiger partial charge in [0.1, 0.15) is 0 Å². The van der Waals surface area contributed by atoms with Crippen LogP contribution in [0, 0.1) is 6.92 Å². The molecule has 0 radical (unpaired) electrons. The Morgan fingerprint density at radius 1 is 1.17 bits per heavy atom. The van der Waals surface area contributed by atoms with Crippen molar-refractivity contribution in [3.63, 3.8) is 0 Å². The topological polar surface area (TPSA) is 67.6 Å². The fourth-order valence-corrected chi connectivity index (χ4v) is 3.31. The number of hydrogen-bond donors (Lipinski definition) is 1. The van der Waals surface area contributed by atoms with Gasteiger partial charge in [-0.2, -0.15) is 4.98 Å². The summed E-state index contributed by atoms with van der Waals surface area (Å²) in [6.07, 6.45) is 0. The Kier molecular flexibility index (Phi) is 4.00. The van der Waals surface area contributed by atoms with Crippen LogP contribution in [0.2, 0.25) is 5.02 Å². The number of aromatic nitrogens is 4. The lowest BCUT2D eigenvalue weighted by molar-refractivity contribution is 0.391. The van der Waals surface area contributed by atoms with Crippen LogP contribution in [0.1, 0.15) is 11.5 Å². The summed E-state index contributed by atoms with van der Waals surface area (Å²) < 4.78 is 5.31. The lowest BCUT2D eigenvalue weighted by atomic mass is 10.2. The lowest BCUT2D eigenvalue weighted by Crippen LogP contribution is -1.84. The zero-order valence-corrected chi connectivity index (χ0v) is 14.4. The molecule has 0 spiro atoms. The van der Waals surface area contributed by atoms with E-state index in [2.05, 4.69) is 33.1 Å². The second-order valence-electron chi connectivity index (χ2n) is 5.34. The van der Waals surface area contributed by atoms with Gasteiger partial charge in [0.2, 0.25) is 11.7 Å². The molecule has 2 heterocycles. The number of halogens is 1. The number of H-pyrrole nitrogens is 1. The maximum atomic E-state index is 6.16. The van der Waals surface area contributed by atoms with Crippen LogP contribution < -0.4 is 0 Å². The van der Waals surface area contributed by atoms with E-state index < -0.39 is 0 Å². The van der Waals surface area contributed by atoms with E-state index in [0.29, 0.717) is 22.5 Å². The monoisotopic (exact) mass is 356 g/mol. The molecule has 0 aliphatic carbocycles. The minimum Gasteiger partial charge on any atom is -0.338 e. The first-order valence-electron chi connectivity index (χ1n) is 7.36. The maximum Gasteiger partial charge on any atom is 0.237 e. The number of rotatable bonds is 4. The standard InChI is InChI=1S/C17H13ClN4OS/c1-10-6-7-13-14(8-10)20-17(19-13)24-9-15-21-16(22-23-15)11-4-2-3-5-12(11)18/h2-8H,9H2,1H3,(H,19,20). The van der Waals surface area contributed by atoms with Crippen molar-refractivity contribution >= 4 is 34.4 Å². The van der Waals surface area contributed by atoms with E-state index in [4.69, 9.17) is 16.1 Å². The van der Waals surface area contributed by atoms with Crippen LogP contribution in [0.4, 0.5) is 0 Å². The second-order valence-corrected chi connectivity index (χ2v) is 6.71. The molecule has 0 unspecified atom stereocenters. The van der Waals surface area contributed by atoms with Gasteiger partial charge in [0, 0.05) is 5.56 Å². The summed E-state index contributed by atoms with van der Waals surface area (Å²) >= 11 is 7.68. The van der Waals surface area contributed by atoms with Gasteiger partial charge in [-0.15, -0.1) is 0 Å². The van der Waals surface area contributed by atoms with Gasteiger partial charge >= 0.3 is 0 Å². The highest BCUT2D eigenvalue weighted by Gasteiger charge is 2.12. The predicted octanol–water partition coefficient (Wildman–Crippen LogP) is 4.87. The highest BCUT2D eigenvalue weighted by Crippen LogP contribution is 2.27. The van der Waals surface area contributed by atoms with Crippen LogP contribution in [0.15, 0.2) is 52.1 Å². The largest absolute Gasteiger partial charge is 0.338 e.